The molecule has 0 radical (unpaired) electrons. The lowest BCUT2D eigenvalue weighted by Crippen LogP contribution is -2.36. The number of carbonyl (C=O) groups is 1. The van der Waals surface area contributed by atoms with Crippen molar-refractivity contribution in [1.82, 2.24) is 0 Å². The first-order chi connectivity index (χ1) is 12.3. The van der Waals surface area contributed by atoms with Crippen molar-refractivity contribution in [2.24, 2.45) is 5.73 Å². The van der Waals surface area contributed by atoms with Crippen LogP contribution < -0.4 is 5.73 Å². The maximum Gasteiger partial charge on any atom is 0.319 e. The summed E-state index contributed by atoms with van der Waals surface area (Å²) in [7, 11) is 0. The highest BCUT2D eigenvalue weighted by Crippen LogP contribution is 2.39. The van der Waals surface area contributed by atoms with Gasteiger partial charge in [0.05, 0.1) is 12.0 Å². The molecule has 3 nitrogen and oxygen atoms in total. The van der Waals surface area contributed by atoms with E-state index < -0.39 is 11.4 Å². The molecular formula is C22H22ClNO2. The van der Waals surface area contributed by atoms with Gasteiger partial charge in [0, 0.05) is 0 Å². The van der Waals surface area contributed by atoms with E-state index in [2.05, 4.69) is 36.4 Å². The zero-order chi connectivity index (χ0) is 17.5. The van der Waals surface area contributed by atoms with Crippen molar-refractivity contribution >= 4 is 18.4 Å². The largest absolute Gasteiger partial charge is 0.463 e. The Kier molecular flexibility index (Phi) is 6.96. The van der Waals surface area contributed by atoms with Crippen LogP contribution in [0.5, 0.6) is 0 Å². The van der Waals surface area contributed by atoms with E-state index in [0.29, 0.717) is 0 Å². The Balaban J connectivity index is 0.00000243. The van der Waals surface area contributed by atoms with Crippen LogP contribution >= 0.6 is 12.4 Å². The van der Waals surface area contributed by atoms with E-state index in [-0.39, 0.29) is 25.6 Å². The van der Waals surface area contributed by atoms with Crippen molar-refractivity contribution in [1.29, 1.82) is 0 Å². The highest BCUT2D eigenvalue weighted by atomic mass is 35.5. The molecule has 0 heterocycles. The van der Waals surface area contributed by atoms with Crippen molar-refractivity contribution in [2.45, 2.75) is 5.41 Å². The molecule has 134 valence electrons. The van der Waals surface area contributed by atoms with Crippen LogP contribution in [0.25, 0.3) is 0 Å². The first-order valence-electron chi connectivity index (χ1n) is 8.29. The molecule has 0 fully saturated rings. The number of esters is 1. The van der Waals surface area contributed by atoms with Crippen LogP contribution in [0.4, 0.5) is 0 Å². The molecule has 4 heteroatoms. The van der Waals surface area contributed by atoms with Gasteiger partial charge in [-0.1, -0.05) is 91.0 Å². The molecule has 0 saturated carbocycles. The average molecular weight is 368 g/mol. The Bertz CT molecular complexity index is 711. The van der Waals surface area contributed by atoms with Gasteiger partial charge in [0.25, 0.3) is 0 Å². The molecule has 26 heavy (non-hydrogen) atoms. The number of benzene rings is 3. The fourth-order valence-corrected chi connectivity index (χ4v) is 3.17. The zero-order valence-corrected chi connectivity index (χ0v) is 15.2. The average Bonchev–Trinajstić information content (AvgIpc) is 2.71. The summed E-state index contributed by atoms with van der Waals surface area (Å²) in [5.41, 5.74) is 8.05. The Hall–Kier alpha value is -2.62. The van der Waals surface area contributed by atoms with E-state index in [4.69, 9.17) is 10.5 Å². The fourth-order valence-electron chi connectivity index (χ4n) is 3.17. The van der Waals surface area contributed by atoms with E-state index >= 15 is 0 Å². The summed E-state index contributed by atoms with van der Waals surface area (Å²) < 4.78 is 5.56. The van der Waals surface area contributed by atoms with Crippen molar-refractivity contribution in [3.8, 4) is 0 Å². The Morgan fingerprint density at radius 1 is 0.731 bits per heavy atom. The van der Waals surface area contributed by atoms with Crippen molar-refractivity contribution in [3.05, 3.63) is 108 Å². The monoisotopic (exact) mass is 367 g/mol. The quantitative estimate of drug-likeness (QED) is 0.530. The summed E-state index contributed by atoms with van der Waals surface area (Å²) >= 11 is 0. The fraction of sp³-hybridized carbons (Fsp3) is 0.136. The van der Waals surface area contributed by atoms with Crippen LogP contribution in [-0.4, -0.2) is 19.1 Å². The maximum absolute atomic E-state index is 11.8. The van der Waals surface area contributed by atoms with Gasteiger partial charge in [-0.05, 0) is 16.7 Å². The summed E-state index contributed by atoms with van der Waals surface area (Å²) in [4.78, 5) is 11.8. The number of rotatable bonds is 6. The summed E-state index contributed by atoms with van der Waals surface area (Å²) in [6.45, 7) is 0.0650. The lowest BCUT2D eigenvalue weighted by Gasteiger charge is -2.35. The third-order valence-corrected chi connectivity index (χ3v) is 4.42. The van der Waals surface area contributed by atoms with Gasteiger partial charge in [-0.2, -0.15) is 0 Å². The molecule has 0 bridgehead atoms. The second-order valence-corrected chi connectivity index (χ2v) is 5.87. The third-order valence-electron chi connectivity index (χ3n) is 4.42. The summed E-state index contributed by atoms with van der Waals surface area (Å²) in [6.07, 6.45) is 0. The van der Waals surface area contributed by atoms with Gasteiger partial charge in [0.2, 0.25) is 0 Å². The topological polar surface area (TPSA) is 52.3 Å². The minimum Gasteiger partial charge on any atom is -0.463 e. The molecule has 3 rings (SSSR count). The molecule has 3 aromatic rings. The van der Waals surface area contributed by atoms with Gasteiger partial charge in [-0.25, -0.2) is 0 Å². The minimum absolute atomic E-state index is 0. The van der Waals surface area contributed by atoms with Crippen molar-refractivity contribution in [3.63, 3.8) is 0 Å². The molecule has 3 aromatic carbocycles. The van der Waals surface area contributed by atoms with E-state index in [1.165, 1.54) is 0 Å². The van der Waals surface area contributed by atoms with E-state index in [9.17, 15) is 4.79 Å². The summed E-state index contributed by atoms with van der Waals surface area (Å²) in [6, 6.07) is 30.3. The predicted octanol–water partition coefficient (Wildman–Crippen LogP) is 3.94. The van der Waals surface area contributed by atoms with Crippen molar-refractivity contribution in [2.75, 3.05) is 13.2 Å². The standard InChI is InChI=1S/C22H21NO2.ClH/c23-16-21(24)25-17-22(18-10-4-1-5-11-18,19-12-6-2-7-13-19)20-14-8-3-9-15-20;/h1-15H,16-17,23H2;1H. The number of nitrogens with two attached hydrogens (primary N) is 1. The smallest absolute Gasteiger partial charge is 0.319 e. The number of hydrogen-bond acceptors (Lipinski definition) is 3. The van der Waals surface area contributed by atoms with Gasteiger partial charge in [-0.3, -0.25) is 4.79 Å². The Morgan fingerprint density at radius 3 is 1.38 bits per heavy atom. The van der Waals surface area contributed by atoms with Crippen LogP contribution in [0.2, 0.25) is 0 Å². The molecule has 0 aliphatic carbocycles. The molecule has 0 aliphatic rings. The first kappa shape index (κ1) is 19.7. The SMILES string of the molecule is Cl.NCC(=O)OCC(c1ccccc1)(c1ccccc1)c1ccccc1. The van der Waals surface area contributed by atoms with Gasteiger partial charge < -0.3 is 10.5 Å². The number of hydrogen-bond donors (Lipinski definition) is 1. The Morgan fingerprint density at radius 2 is 1.08 bits per heavy atom. The molecule has 0 amide bonds. The van der Waals surface area contributed by atoms with Crippen LogP contribution in [0.1, 0.15) is 16.7 Å². The third kappa shape index (κ3) is 3.96. The van der Waals surface area contributed by atoms with E-state index in [1.54, 1.807) is 0 Å². The molecule has 0 atom stereocenters. The molecule has 0 aromatic heterocycles. The number of ether oxygens (including phenoxy) is 1. The molecule has 0 aliphatic heterocycles. The highest BCUT2D eigenvalue weighted by Gasteiger charge is 2.37. The van der Waals surface area contributed by atoms with Crippen LogP contribution in [-0.2, 0) is 14.9 Å². The van der Waals surface area contributed by atoms with Crippen LogP contribution in [0.3, 0.4) is 0 Å². The first-order valence-corrected chi connectivity index (χ1v) is 8.29. The van der Waals surface area contributed by atoms with Crippen LogP contribution in [0, 0.1) is 0 Å². The maximum atomic E-state index is 11.8. The second kappa shape index (κ2) is 9.18. The van der Waals surface area contributed by atoms with Gasteiger partial charge in [-0.15, -0.1) is 12.4 Å². The summed E-state index contributed by atoms with van der Waals surface area (Å²) in [5, 5.41) is 0. The van der Waals surface area contributed by atoms with Crippen molar-refractivity contribution < 1.29 is 9.53 Å². The number of halogens is 1. The molecular weight excluding hydrogens is 346 g/mol. The zero-order valence-electron chi connectivity index (χ0n) is 14.4. The normalized spacial score (nSPS) is 10.7. The van der Waals surface area contributed by atoms with Crippen LogP contribution in [0.15, 0.2) is 91.0 Å². The lowest BCUT2D eigenvalue weighted by atomic mass is 9.70. The lowest BCUT2D eigenvalue weighted by molar-refractivity contribution is -0.143. The van der Waals surface area contributed by atoms with E-state index in [1.807, 2.05) is 54.6 Å². The van der Waals surface area contributed by atoms with Gasteiger partial charge in [0.1, 0.15) is 6.61 Å². The molecule has 2 N–H and O–H groups in total. The minimum atomic E-state index is -0.589. The van der Waals surface area contributed by atoms with Gasteiger partial charge >= 0.3 is 5.97 Å². The predicted molar refractivity (Wildman–Crippen MR) is 106 cm³/mol. The van der Waals surface area contributed by atoms with E-state index in [0.717, 1.165) is 16.7 Å². The molecule has 0 unspecified atom stereocenters. The highest BCUT2D eigenvalue weighted by molar-refractivity contribution is 5.85. The Labute approximate surface area is 160 Å². The van der Waals surface area contributed by atoms with Gasteiger partial charge in [0.15, 0.2) is 0 Å². The molecule has 0 spiro atoms. The molecule has 0 saturated heterocycles. The number of carbonyl (C=O) groups excluding carboxylic acids is 1. The summed E-state index contributed by atoms with van der Waals surface area (Å²) in [5.74, 6) is -0.410. The second-order valence-electron chi connectivity index (χ2n) is 5.87.